The van der Waals surface area contributed by atoms with E-state index in [2.05, 4.69) is 26.0 Å². The molecule has 0 fully saturated rings. The van der Waals surface area contributed by atoms with Gasteiger partial charge in [-0.2, -0.15) is 5.10 Å². The number of anilines is 1. The number of nitrogens with one attached hydrogen (secondary N) is 2. The van der Waals surface area contributed by atoms with Crippen LogP contribution in [0.4, 0.5) is 5.13 Å². The molecule has 0 atom stereocenters. The highest BCUT2D eigenvalue weighted by Crippen LogP contribution is 2.18. The molecule has 2 amide bonds. The van der Waals surface area contributed by atoms with Crippen LogP contribution in [0.5, 0.6) is 11.5 Å². The Bertz CT molecular complexity index is 1420. The van der Waals surface area contributed by atoms with Crippen LogP contribution in [-0.4, -0.2) is 41.4 Å². The van der Waals surface area contributed by atoms with E-state index in [0.29, 0.717) is 34.7 Å². The highest BCUT2D eigenvalue weighted by atomic mass is 32.1. The number of carbonyl (C=O) groups excluding carboxylic acids is 2. The van der Waals surface area contributed by atoms with Gasteiger partial charge in [-0.3, -0.25) is 14.9 Å². The number of rotatable bonds is 11. The molecule has 0 saturated carbocycles. The Kier molecular flexibility index (Phi) is 9.14. The Morgan fingerprint density at radius 1 is 0.895 bits per heavy atom. The molecule has 0 saturated heterocycles. The first kappa shape index (κ1) is 26.5. The molecule has 3 aromatic carbocycles. The van der Waals surface area contributed by atoms with Gasteiger partial charge in [-0.05, 0) is 66.9 Å². The van der Waals surface area contributed by atoms with Gasteiger partial charge in [0.25, 0.3) is 5.91 Å². The molecule has 1 heterocycles. The SMILES string of the molecule is Cc1ccccc1OCCOc1ccc(/C=N/NC(=O)Cc2nnc(NC(=O)c3ccccc3C)s2)cc1. The molecule has 0 radical (unpaired) electrons. The lowest BCUT2D eigenvalue weighted by Crippen LogP contribution is -2.19. The smallest absolute Gasteiger partial charge is 0.257 e. The van der Waals surface area contributed by atoms with Gasteiger partial charge in [-0.1, -0.05) is 47.7 Å². The van der Waals surface area contributed by atoms with Gasteiger partial charge in [0.05, 0.1) is 12.6 Å². The second kappa shape index (κ2) is 13.1. The predicted octanol–water partition coefficient (Wildman–Crippen LogP) is 4.56. The van der Waals surface area contributed by atoms with Crippen LogP contribution < -0.4 is 20.2 Å². The first-order chi connectivity index (χ1) is 18.5. The quantitative estimate of drug-likeness (QED) is 0.167. The summed E-state index contributed by atoms with van der Waals surface area (Å²) in [5.41, 5.74) is 5.77. The minimum absolute atomic E-state index is 0.00734. The van der Waals surface area contributed by atoms with Gasteiger partial charge >= 0.3 is 0 Å². The number of aryl methyl sites for hydroxylation is 2. The van der Waals surface area contributed by atoms with E-state index in [0.717, 1.165) is 33.8 Å². The van der Waals surface area contributed by atoms with E-state index in [1.165, 1.54) is 6.21 Å². The molecule has 0 unspecified atom stereocenters. The van der Waals surface area contributed by atoms with Crippen LogP contribution in [0.25, 0.3) is 0 Å². The number of hydrazone groups is 1. The molecule has 0 aliphatic carbocycles. The summed E-state index contributed by atoms with van der Waals surface area (Å²) in [5.74, 6) is 0.942. The number of nitrogens with zero attached hydrogens (tertiary/aromatic N) is 3. The molecular weight excluding hydrogens is 502 g/mol. The van der Waals surface area contributed by atoms with Gasteiger partial charge in [0.15, 0.2) is 0 Å². The van der Waals surface area contributed by atoms with Crippen molar-refractivity contribution in [3.05, 3.63) is 100 Å². The second-order valence-electron chi connectivity index (χ2n) is 8.27. The predicted molar refractivity (Wildman–Crippen MR) is 147 cm³/mol. The van der Waals surface area contributed by atoms with Gasteiger partial charge in [0.1, 0.15) is 29.7 Å². The van der Waals surface area contributed by atoms with Gasteiger partial charge in [-0.15, -0.1) is 10.2 Å². The standard InChI is InChI=1S/C28H27N5O4S/c1-19-7-3-5-9-23(19)27(35)30-28-33-32-26(38-28)17-25(34)31-29-18-21-11-13-22(14-12-21)36-15-16-37-24-10-6-4-8-20(24)2/h3-14,18H,15-17H2,1-2H3,(H,31,34)(H,30,33,35)/b29-18+. The summed E-state index contributed by atoms with van der Waals surface area (Å²) in [6.07, 6.45) is 1.53. The van der Waals surface area contributed by atoms with Crippen molar-refractivity contribution in [1.82, 2.24) is 15.6 Å². The van der Waals surface area contributed by atoms with Crippen molar-refractivity contribution in [2.45, 2.75) is 20.3 Å². The van der Waals surface area contributed by atoms with Gasteiger partial charge in [0.2, 0.25) is 11.0 Å². The molecule has 2 N–H and O–H groups in total. The fraction of sp³-hybridized carbons (Fsp3) is 0.179. The van der Waals surface area contributed by atoms with Gasteiger partial charge in [0, 0.05) is 5.56 Å². The summed E-state index contributed by atoms with van der Waals surface area (Å²) in [4.78, 5) is 24.6. The minimum Gasteiger partial charge on any atom is -0.490 e. The van der Waals surface area contributed by atoms with Crippen LogP contribution in [0, 0.1) is 13.8 Å². The van der Waals surface area contributed by atoms with Crippen LogP contribution in [0.15, 0.2) is 77.9 Å². The second-order valence-corrected chi connectivity index (χ2v) is 9.33. The van der Waals surface area contributed by atoms with E-state index in [9.17, 15) is 9.59 Å². The summed E-state index contributed by atoms with van der Waals surface area (Å²) < 4.78 is 11.4. The fourth-order valence-corrected chi connectivity index (χ4v) is 4.14. The summed E-state index contributed by atoms with van der Waals surface area (Å²) in [6.45, 7) is 4.72. The van der Waals surface area contributed by atoms with Crippen LogP contribution >= 0.6 is 11.3 Å². The van der Waals surface area contributed by atoms with Crippen LogP contribution in [-0.2, 0) is 11.2 Å². The Labute approximate surface area is 224 Å². The lowest BCUT2D eigenvalue weighted by atomic mass is 10.1. The molecule has 4 rings (SSSR count). The normalized spacial score (nSPS) is 10.8. The van der Waals surface area contributed by atoms with Crippen molar-refractivity contribution in [1.29, 1.82) is 0 Å². The van der Waals surface area contributed by atoms with Crippen molar-refractivity contribution < 1.29 is 19.1 Å². The van der Waals surface area contributed by atoms with Crippen molar-refractivity contribution >= 4 is 34.5 Å². The number of carbonyl (C=O) groups is 2. The van der Waals surface area contributed by atoms with Crippen LogP contribution in [0.1, 0.15) is 32.1 Å². The van der Waals surface area contributed by atoms with Crippen molar-refractivity contribution in [3.8, 4) is 11.5 Å². The lowest BCUT2D eigenvalue weighted by molar-refractivity contribution is -0.120. The maximum absolute atomic E-state index is 12.4. The van der Waals surface area contributed by atoms with E-state index in [1.54, 1.807) is 12.1 Å². The number of amides is 2. The maximum atomic E-state index is 12.4. The average Bonchev–Trinajstić information content (AvgIpc) is 3.35. The molecule has 0 spiro atoms. The molecule has 0 aliphatic rings. The molecule has 9 nitrogen and oxygen atoms in total. The van der Waals surface area contributed by atoms with Crippen molar-refractivity contribution in [2.75, 3.05) is 18.5 Å². The van der Waals surface area contributed by atoms with E-state index in [-0.39, 0.29) is 18.2 Å². The maximum Gasteiger partial charge on any atom is 0.257 e. The zero-order valence-electron chi connectivity index (χ0n) is 21.0. The third-order valence-corrected chi connectivity index (χ3v) is 6.21. The highest BCUT2D eigenvalue weighted by Gasteiger charge is 2.13. The number of hydrogen-bond donors (Lipinski definition) is 2. The Balaban J connectivity index is 1.18. The molecule has 38 heavy (non-hydrogen) atoms. The number of ether oxygens (including phenoxy) is 2. The zero-order valence-corrected chi connectivity index (χ0v) is 21.8. The minimum atomic E-state index is -0.345. The largest absolute Gasteiger partial charge is 0.490 e. The molecule has 194 valence electrons. The summed E-state index contributed by atoms with van der Waals surface area (Å²) in [6, 6.07) is 22.4. The van der Waals surface area contributed by atoms with Crippen molar-refractivity contribution in [3.63, 3.8) is 0 Å². The van der Waals surface area contributed by atoms with Crippen LogP contribution in [0.3, 0.4) is 0 Å². The molecule has 0 aliphatic heterocycles. The van der Waals surface area contributed by atoms with Crippen LogP contribution in [0.2, 0.25) is 0 Å². The Hall–Kier alpha value is -4.57. The summed E-state index contributed by atoms with van der Waals surface area (Å²) in [5, 5.41) is 15.4. The molecule has 0 bridgehead atoms. The van der Waals surface area contributed by atoms with E-state index >= 15 is 0 Å². The summed E-state index contributed by atoms with van der Waals surface area (Å²) in [7, 11) is 0. The molecule has 1 aromatic heterocycles. The van der Waals surface area contributed by atoms with E-state index in [1.807, 2.05) is 74.5 Å². The Morgan fingerprint density at radius 2 is 1.61 bits per heavy atom. The zero-order chi connectivity index (χ0) is 26.7. The third-order valence-electron chi connectivity index (χ3n) is 5.37. The van der Waals surface area contributed by atoms with E-state index < -0.39 is 0 Å². The topological polar surface area (TPSA) is 115 Å². The Morgan fingerprint density at radius 3 is 2.37 bits per heavy atom. The monoisotopic (exact) mass is 529 g/mol. The number of aromatic nitrogens is 2. The average molecular weight is 530 g/mol. The van der Waals surface area contributed by atoms with Crippen molar-refractivity contribution in [2.24, 2.45) is 5.10 Å². The highest BCUT2D eigenvalue weighted by molar-refractivity contribution is 7.15. The molecule has 10 heteroatoms. The van der Waals surface area contributed by atoms with Gasteiger partial charge in [-0.25, -0.2) is 5.43 Å². The number of para-hydroxylation sites is 1. The first-order valence-corrected chi connectivity index (χ1v) is 12.7. The molecule has 4 aromatic rings. The molecular formula is C28H27N5O4S. The lowest BCUT2D eigenvalue weighted by Gasteiger charge is -2.10. The fourth-order valence-electron chi connectivity index (χ4n) is 3.40. The number of hydrogen-bond acceptors (Lipinski definition) is 8. The first-order valence-electron chi connectivity index (χ1n) is 11.9. The number of benzene rings is 3. The van der Waals surface area contributed by atoms with Gasteiger partial charge < -0.3 is 9.47 Å². The summed E-state index contributed by atoms with van der Waals surface area (Å²) >= 11 is 1.14. The third kappa shape index (κ3) is 7.71. The van der Waals surface area contributed by atoms with E-state index in [4.69, 9.17) is 9.47 Å².